The fourth-order valence-electron chi connectivity index (χ4n) is 2.89. The third-order valence-electron chi connectivity index (χ3n) is 4.01. The summed E-state index contributed by atoms with van der Waals surface area (Å²) in [6.45, 7) is 1.20. The second-order valence-electron chi connectivity index (χ2n) is 5.18. The Bertz CT molecular complexity index is 356. The van der Waals surface area contributed by atoms with E-state index in [1.54, 1.807) is 0 Å². The van der Waals surface area contributed by atoms with Crippen LogP contribution < -0.4 is 5.32 Å². The number of benzene rings is 1. The minimum absolute atomic E-state index is 0.590. The normalized spacial score (nSPS) is 30.3. The fraction of sp³-hybridized carbons (Fsp3) is 0.571. The Hall–Kier alpha value is -0.340. The van der Waals surface area contributed by atoms with Crippen LogP contribution in [-0.4, -0.2) is 6.54 Å². The largest absolute Gasteiger partial charge is 0.310 e. The van der Waals surface area contributed by atoms with E-state index in [4.69, 9.17) is 0 Å². The van der Waals surface area contributed by atoms with Crippen LogP contribution in [-0.2, 0) is 0 Å². The van der Waals surface area contributed by atoms with Crippen molar-refractivity contribution in [3.8, 4) is 0 Å². The highest BCUT2D eigenvalue weighted by molar-refractivity contribution is 9.10. The molecule has 0 bridgehead atoms. The van der Waals surface area contributed by atoms with Crippen molar-refractivity contribution in [1.82, 2.24) is 5.32 Å². The molecule has 2 atom stereocenters. The summed E-state index contributed by atoms with van der Waals surface area (Å²) >= 11 is 3.49. The number of piperidine rings is 1. The maximum absolute atomic E-state index is 3.65. The molecule has 0 unspecified atom stereocenters. The van der Waals surface area contributed by atoms with E-state index in [-0.39, 0.29) is 0 Å². The predicted octanol–water partition coefficient (Wildman–Crippen LogP) is 3.90. The van der Waals surface area contributed by atoms with Crippen molar-refractivity contribution in [1.29, 1.82) is 0 Å². The van der Waals surface area contributed by atoms with E-state index in [1.165, 1.54) is 42.3 Å². The summed E-state index contributed by atoms with van der Waals surface area (Å²) in [5, 5.41) is 3.65. The first-order valence-electron chi connectivity index (χ1n) is 6.32. The van der Waals surface area contributed by atoms with Gasteiger partial charge in [-0.3, -0.25) is 0 Å². The molecule has 1 nitrogen and oxygen atoms in total. The third-order valence-corrected chi connectivity index (χ3v) is 4.53. The lowest BCUT2D eigenvalue weighted by Crippen LogP contribution is -2.32. The fourth-order valence-corrected chi connectivity index (χ4v) is 3.16. The molecule has 1 saturated heterocycles. The molecule has 0 radical (unpaired) electrons. The molecule has 0 amide bonds. The van der Waals surface area contributed by atoms with Gasteiger partial charge in [-0.25, -0.2) is 0 Å². The molecular weight excluding hydrogens is 262 g/mol. The Morgan fingerprint density at radius 2 is 1.75 bits per heavy atom. The summed E-state index contributed by atoms with van der Waals surface area (Å²) in [7, 11) is 0. The maximum Gasteiger partial charge on any atom is 0.0323 e. The zero-order valence-corrected chi connectivity index (χ0v) is 11.0. The van der Waals surface area contributed by atoms with Crippen LogP contribution in [0.1, 0.15) is 37.3 Å². The van der Waals surface area contributed by atoms with Gasteiger partial charge < -0.3 is 5.32 Å². The van der Waals surface area contributed by atoms with Crippen molar-refractivity contribution in [3.05, 3.63) is 34.3 Å². The summed E-state index contributed by atoms with van der Waals surface area (Å²) in [5.74, 6) is 2.04. The van der Waals surface area contributed by atoms with Gasteiger partial charge in [-0.1, -0.05) is 28.1 Å². The Balaban J connectivity index is 1.71. The van der Waals surface area contributed by atoms with Gasteiger partial charge in [-0.05, 0) is 61.8 Å². The highest BCUT2D eigenvalue weighted by Crippen LogP contribution is 2.44. The van der Waals surface area contributed by atoms with Gasteiger partial charge in [0.05, 0.1) is 0 Å². The molecule has 2 heteroatoms. The SMILES string of the molecule is Brc1ccc([C@@H]2C[C@H](C3CC3)CCN2)cc1. The van der Waals surface area contributed by atoms with Gasteiger partial charge in [0.15, 0.2) is 0 Å². The number of halogens is 1. The average molecular weight is 280 g/mol. The van der Waals surface area contributed by atoms with E-state index in [0.29, 0.717) is 6.04 Å². The third kappa shape index (κ3) is 2.33. The van der Waals surface area contributed by atoms with Crippen molar-refractivity contribution in [2.45, 2.75) is 31.7 Å². The van der Waals surface area contributed by atoms with Gasteiger partial charge in [-0.15, -0.1) is 0 Å². The summed E-state index contributed by atoms with van der Waals surface area (Å²) in [5.41, 5.74) is 1.45. The van der Waals surface area contributed by atoms with Crippen LogP contribution in [0.2, 0.25) is 0 Å². The number of hydrogen-bond donors (Lipinski definition) is 1. The van der Waals surface area contributed by atoms with Gasteiger partial charge in [0, 0.05) is 10.5 Å². The monoisotopic (exact) mass is 279 g/mol. The van der Waals surface area contributed by atoms with Crippen molar-refractivity contribution in [3.63, 3.8) is 0 Å². The van der Waals surface area contributed by atoms with Gasteiger partial charge in [0.2, 0.25) is 0 Å². The van der Waals surface area contributed by atoms with Crippen molar-refractivity contribution < 1.29 is 0 Å². The quantitative estimate of drug-likeness (QED) is 0.866. The first kappa shape index (κ1) is 10.8. The smallest absolute Gasteiger partial charge is 0.0323 e. The molecule has 1 saturated carbocycles. The van der Waals surface area contributed by atoms with Crippen LogP contribution in [0, 0.1) is 11.8 Å². The molecule has 86 valence electrons. The van der Waals surface area contributed by atoms with Gasteiger partial charge in [-0.2, -0.15) is 0 Å². The zero-order valence-electron chi connectivity index (χ0n) is 9.45. The lowest BCUT2D eigenvalue weighted by atomic mass is 9.86. The minimum Gasteiger partial charge on any atom is -0.310 e. The summed E-state index contributed by atoms with van der Waals surface area (Å²) in [6, 6.07) is 9.39. The first-order chi connectivity index (χ1) is 7.83. The second-order valence-corrected chi connectivity index (χ2v) is 6.10. The molecule has 1 heterocycles. The molecule has 2 fully saturated rings. The molecule has 1 aromatic carbocycles. The number of rotatable bonds is 2. The van der Waals surface area contributed by atoms with E-state index < -0.39 is 0 Å². The van der Waals surface area contributed by atoms with Crippen molar-refractivity contribution in [2.75, 3.05) is 6.54 Å². The molecule has 1 N–H and O–H groups in total. The van der Waals surface area contributed by atoms with E-state index in [9.17, 15) is 0 Å². The average Bonchev–Trinajstić information content (AvgIpc) is 3.14. The standard InChI is InChI=1S/C14H18BrN/c15-13-5-3-11(4-6-13)14-9-12(7-8-16-14)10-1-2-10/h3-6,10,12,14,16H,1-2,7-9H2/t12-,14+/m1/s1. The van der Waals surface area contributed by atoms with Gasteiger partial charge in [0.25, 0.3) is 0 Å². The molecule has 1 aromatic rings. The minimum atomic E-state index is 0.590. The van der Waals surface area contributed by atoms with Crippen LogP contribution >= 0.6 is 15.9 Å². The molecule has 1 aliphatic carbocycles. The highest BCUT2D eigenvalue weighted by atomic mass is 79.9. The van der Waals surface area contributed by atoms with E-state index in [0.717, 1.165) is 11.8 Å². The molecule has 3 rings (SSSR count). The second kappa shape index (κ2) is 4.50. The maximum atomic E-state index is 3.65. The van der Waals surface area contributed by atoms with Gasteiger partial charge in [0.1, 0.15) is 0 Å². The van der Waals surface area contributed by atoms with Crippen LogP contribution in [0.3, 0.4) is 0 Å². The Morgan fingerprint density at radius 1 is 1.00 bits per heavy atom. The molecule has 1 aliphatic heterocycles. The van der Waals surface area contributed by atoms with Crippen LogP contribution in [0.15, 0.2) is 28.7 Å². The molecular formula is C14H18BrN. The van der Waals surface area contributed by atoms with Gasteiger partial charge >= 0.3 is 0 Å². The van der Waals surface area contributed by atoms with Crippen molar-refractivity contribution in [2.24, 2.45) is 11.8 Å². The van der Waals surface area contributed by atoms with E-state index in [1.807, 2.05) is 0 Å². The summed E-state index contributed by atoms with van der Waals surface area (Å²) in [4.78, 5) is 0. The number of hydrogen-bond acceptors (Lipinski definition) is 1. The van der Waals surface area contributed by atoms with E-state index in [2.05, 4.69) is 45.5 Å². The summed E-state index contributed by atoms with van der Waals surface area (Å²) in [6.07, 6.45) is 5.69. The highest BCUT2D eigenvalue weighted by Gasteiger charge is 2.34. The van der Waals surface area contributed by atoms with Crippen LogP contribution in [0.25, 0.3) is 0 Å². The summed E-state index contributed by atoms with van der Waals surface area (Å²) < 4.78 is 1.17. The Labute approximate surface area is 106 Å². The zero-order chi connectivity index (χ0) is 11.0. The molecule has 16 heavy (non-hydrogen) atoms. The lowest BCUT2D eigenvalue weighted by molar-refractivity contribution is 0.278. The lowest BCUT2D eigenvalue weighted by Gasteiger charge is -2.30. The van der Waals surface area contributed by atoms with Crippen LogP contribution in [0.4, 0.5) is 0 Å². The molecule has 0 spiro atoms. The van der Waals surface area contributed by atoms with Crippen LogP contribution in [0.5, 0.6) is 0 Å². The molecule has 2 aliphatic rings. The molecule has 0 aromatic heterocycles. The first-order valence-corrected chi connectivity index (χ1v) is 7.11. The Kier molecular flexibility index (Phi) is 3.03. The Morgan fingerprint density at radius 3 is 2.44 bits per heavy atom. The number of nitrogens with one attached hydrogen (secondary N) is 1. The van der Waals surface area contributed by atoms with Crippen molar-refractivity contribution >= 4 is 15.9 Å². The topological polar surface area (TPSA) is 12.0 Å². The predicted molar refractivity (Wildman–Crippen MR) is 70.3 cm³/mol. The van der Waals surface area contributed by atoms with E-state index >= 15 is 0 Å².